The predicted molar refractivity (Wildman–Crippen MR) is 74.2 cm³/mol. The summed E-state index contributed by atoms with van der Waals surface area (Å²) in [5.41, 5.74) is 5.80. The van der Waals surface area contributed by atoms with Crippen molar-refractivity contribution in [3.05, 3.63) is 0 Å². The van der Waals surface area contributed by atoms with Crippen LogP contribution in [-0.2, 0) is 0 Å². The molecule has 1 heterocycles. The molecular formula is C13H28N4. The van der Waals surface area contributed by atoms with Crippen molar-refractivity contribution in [1.29, 1.82) is 0 Å². The van der Waals surface area contributed by atoms with Gasteiger partial charge in [0.2, 0.25) is 0 Å². The minimum absolute atomic E-state index is 0.605. The average Bonchev–Trinajstić information content (AvgIpc) is 2.34. The summed E-state index contributed by atoms with van der Waals surface area (Å²) in [4.78, 5) is 6.98. The van der Waals surface area contributed by atoms with E-state index in [1.165, 1.54) is 25.9 Å². The van der Waals surface area contributed by atoms with E-state index in [4.69, 9.17) is 5.73 Å². The van der Waals surface area contributed by atoms with E-state index < -0.39 is 0 Å². The van der Waals surface area contributed by atoms with Gasteiger partial charge in [0.25, 0.3) is 0 Å². The van der Waals surface area contributed by atoms with Crippen LogP contribution in [0.15, 0.2) is 4.99 Å². The lowest BCUT2D eigenvalue weighted by Crippen LogP contribution is -2.41. The van der Waals surface area contributed by atoms with Gasteiger partial charge in [-0.1, -0.05) is 6.92 Å². The van der Waals surface area contributed by atoms with Gasteiger partial charge in [-0.05, 0) is 45.6 Å². The van der Waals surface area contributed by atoms with Gasteiger partial charge < -0.3 is 16.0 Å². The van der Waals surface area contributed by atoms with Crippen molar-refractivity contribution in [3.8, 4) is 0 Å². The highest BCUT2D eigenvalue weighted by Gasteiger charge is 2.21. The molecule has 3 N–H and O–H groups in total. The molecular weight excluding hydrogens is 212 g/mol. The van der Waals surface area contributed by atoms with E-state index in [2.05, 4.69) is 36.0 Å². The first-order chi connectivity index (χ1) is 8.13. The van der Waals surface area contributed by atoms with E-state index in [1.807, 2.05) is 0 Å². The van der Waals surface area contributed by atoms with Crippen LogP contribution in [-0.4, -0.2) is 43.1 Å². The van der Waals surface area contributed by atoms with Gasteiger partial charge in [0.15, 0.2) is 5.96 Å². The van der Waals surface area contributed by atoms with Gasteiger partial charge in [-0.25, -0.2) is 0 Å². The van der Waals surface area contributed by atoms with Crippen LogP contribution in [0.3, 0.4) is 0 Å². The molecule has 0 aromatic carbocycles. The lowest BCUT2D eigenvalue weighted by atomic mass is 9.97. The third-order valence-electron chi connectivity index (χ3n) is 3.36. The Hall–Kier alpha value is -0.770. The largest absolute Gasteiger partial charge is 0.370 e. The molecule has 1 atom stereocenters. The number of aliphatic imine (C=N–C) groups is 1. The quantitative estimate of drug-likeness (QED) is 0.564. The fourth-order valence-electron chi connectivity index (χ4n) is 2.25. The van der Waals surface area contributed by atoms with Crippen molar-refractivity contribution < 1.29 is 0 Å². The molecule has 1 unspecified atom stereocenters. The molecule has 1 aliphatic rings. The molecule has 100 valence electrons. The predicted octanol–water partition coefficient (Wildman–Crippen LogP) is 1.42. The molecule has 1 saturated heterocycles. The summed E-state index contributed by atoms with van der Waals surface area (Å²) in [7, 11) is 0. The van der Waals surface area contributed by atoms with Gasteiger partial charge in [0, 0.05) is 25.7 Å². The van der Waals surface area contributed by atoms with Gasteiger partial charge in [-0.2, -0.15) is 0 Å². The van der Waals surface area contributed by atoms with E-state index in [-0.39, 0.29) is 0 Å². The first-order valence-electron chi connectivity index (χ1n) is 6.91. The maximum Gasteiger partial charge on any atom is 0.188 e. The molecule has 0 aromatic heterocycles. The maximum atomic E-state index is 5.80. The van der Waals surface area contributed by atoms with Crippen molar-refractivity contribution in [2.75, 3.05) is 26.2 Å². The molecule has 17 heavy (non-hydrogen) atoms. The third kappa shape index (κ3) is 5.39. The van der Waals surface area contributed by atoms with Crippen LogP contribution in [0.5, 0.6) is 0 Å². The Morgan fingerprint density at radius 3 is 2.94 bits per heavy atom. The van der Waals surface area contributed by atoms with Gasteiger partial charge in [0.1, 0.15) is 0 Å². The molecule has 1 rings (SSSR count). The van der Waals surface area contributed by atoms with E-state index in [1.54, 1.807) is 0 Å². The molecule has 0 amide bonds. The number of hydrogen-bond acceptors (Lipinski definition) is 2. The highest BCUT2D eigenvalue weighted by molar-refractivity contribution is 5.77. The van der Waals surface area contributed by atoms with Gasteiger partial charge >= 0.3 is 0 Å². The molecule has 0 aromatic rings. The van der Waals surface area contributed by atoms with Crippen molar-refractivity contribution in [2.45, 2.75) is 46.1 Å². The van der Waals surface area contributed by atoms with Crippen LogP contribution >= 0.6 is 0 Å². The van der Waals surface area contributed by atoms with Gasteiger partial charge in [-0.3, -0.25) is 4.99 Å². The van der Waals surface area contributed by atoms with Crippen molar-refractivity contribution in [1.82, 2.24) is 10.2 Å². The van der Waals surface area contributed by atoms with E-state index in [0.717, 1.165) is 19.5 Å². The highest BCUT2D eigenvalue weighted by atomic mass is 15.2. The Kier molecular flexibility index (Phi) is 6.34. The van der Waals surface area contributed by atoms with Crippen molar-refractivity contribution in [2.24, 2.45) is 16.6 Å². The Morgan fingerprint density at radius 2 is 2.29 bits per heavy atom. The van der Waals surface area contributed by atoms with Crippen LogP contribution in [0, 0.1) is 5.92 Å². The normalized spacial score (nSPS) is 23.1. The first kappa shape index (κ1) is 14.3. The zero-order valence-electron chi connectivity index (χ0n) is 11.6. The van der Waals surface area contributed by atoms with Gasteiger partial charge in [-0.15, -0.1) is 0 Å². The van der Waals surface area contributed by atoms with Crippen LogP contribution < -0.4 is 11.1 Å². The number of hydrogen-bond donors (Lipinski definition) is 2. The number of nitrogens with zero attached hydrogens (tertiary/aromatic N) is 2. The number of likely N-dealkylation sites (tertiary alicyclic amines) is 1. The zero-order chi connectivity index (χ0) is 12.7. The van der Waals surface area contributed by atoms with E-state index >= 15 is 0 Å². The fraction of sp³-hybridized carbons (Fsp3) is 0.923. The van der Waals surface area contributed by atoms with Crippen LogP contribution in [0.4, 0.5) is 0 Å². The summed E-state index contributed by atoms with van der Waals surface area (Å²) in [6, 6.07) is 0.650. The summed E-state index contributed by atoms with van der Waals surface area (Å²) in [5, 5.41) is 3.12. The van der Waals surface area contributed by atoms with Gasteiger partial charge in [0.05, 0.1) is 0 Å². The first-order valence-corrected chi connectivity index (χ1v) is 6.91. The van der Waals surface area contributed by atoms with E-state index in [0.29, 0.717) is 17.9 Å². The minimum Gasteiger partial charge on any atom is -0.370 e. The number of nitrogens with two attached hydrogens (primary N) is 1. The Bertz CT molecular complexity index is 238. The lowest BCUT2D eigenvalue weighted by Gasteiger charge is -2.34. The summed E-state index contributed by atoms with van der Waals surface area (Å²) in [5.74, 6) is 1.28. The third-order valence-corrected chi connectivity index (χ3v) is 3.36. The second-order valence-electron chi connectivity index (χ2n) is 5.25. The summed E-state index contributed by atoms with van der Waals surface area (Å²) in [6.45, 7) is 10.8. The van der Waals surface area contributed by atoms with Crippen LogP contribution in [0.2, 0.25) is 0 Å². The van der Waals surface area contributed by atoms with E-state index in [9.17, 15) is 0 Å². The fourth-order valence-corrected chi connectivity index (χ4v) is 2.25. The Labute approximate surface area is 106 Å². The number of piperidine rings is 1. The molecule has 0 aliphatic carbocycles. The Morgan fingerprint density at radius 1 is 1.53 bits per heavy atom. The van der Waals surface area contributed by atoms with Crippen molar-refractivity contribution >= 4 is 5.96 Å². The molecule has 0 spiro atoms. The lowest BCUT2D eigenvalue weighted by molar-refractivity contribution is 0.143. The highest BCUT2D eigenvalue weighted by Crippen LogP contribution is 2.18. The second-order valence-corrected chi connectivity index (χ2v) is 5.25. The summed E-state index contributed by atoms with van der Waals surface area (Å²) < 4.78 is 0. The average molecular weight is 240 g/mol. The molecule has 4 heteroatoms. The minimum atomic E-state index is 0.605. The summed E-state index contributed by atoms with van der Waals surface area (Å²) >= 11 is 0. The molecule has 1 aliphatic heterocycles. The smallest absolute Gasteiger partial charge is 0.188 e. The second kappa shape index (κ2) is 7.54. The molecule has 0 radical (unpaired) electrons. The number of rotatable bonds is 5. The standard InChI is InChI=1S/C13H28N4/c1-4-7-15-13(14)16-9-12-6-5-8-17(10-12)11(2)3/h11-12H,4-10H2,1-3H3,(H3,14,15,16). The molecule has 0 bridgehead atoms. The Balaban J connectivity index is 2.31. The number of guanidine groups is 1. The number of nitrogens with one attached hydrogen (secondary N) is 1. The summed E-state index contributed by atoms with van der Waals surface area (Å²) in [6.07, 6.45) is 3.66. The topological polar surface area (TPSA) is 53.6 Å². The van der Waals surface area contributed by atoms with Crippen LogP contribution in [0.1, 0.15) is 40.0 Å². The molecule has 4 nitrogen and oxygen atoms in total. The maximum absolute atomic E-state index is 5.80. The monoisotopic (exact) mass is 240 g/mol. The molecule has 1 fully saturated rings. The van der Waals surface area contributed by atoms with Crippen molar-refractivity contribution in [3.63, 3.8) is 0 Å². The SMILES string of the molecule is CCCNC(N)=NCC1CCCN(C(C)C)C1. The zero-order valence-corrected chi connectivity index (χ0v) is 11.6. The molecule has 0 saturated carbocycles. The van der Waals surface area contributed by atoms with Crippen LogP contribution in [0.25, 0.3) is 0 Å².